The number of aliphatic hydroxyl groups is 1. The van der Waals surface area contributed by atoms with Crippen LogP contribution in [0.1, 0.15) is 69.9 Å². The highest BCUT2D eigenvalue weighted by Crippen LogP contribution is 2.65. The van der Waals surface area contributed by atoms with Crippen LogP contribution in [0, 0.1) is 11.8 Å². The Kier molecular flexibility index (Phi) is 6.38. The van der Waals surface area contributed by atoms with E-state index in [4.69, 9.17) is 4.74 Å². The van der Waals surface area contributed by atoms with Gasteiger partial charge in [0, 0.05) is 13.1 Å². The maximum absolute atomic E-state index is 14.2. The van der Waals surface area contributed by atoms with Crippen LogP contribution in [0.5, 0.6) is 0 Å². The zero-order valence-electron chi connectivity index (χ0n) is 20.7. The second kappa shape index (κ2) is 9.21. The number of hydrogen-bond acceptors (Lipinski definition) is 5. The van der Waals surface area contributed by atoms with Crippen LogP contribution < -0.4 is 10.6 Å². The van der Waals surface area contributed by atoms with Gasteiger partial charge in [-0.15, -0.1) is 0 Å². The summed E-state index contributed by atoms with van der Waals surface area (Å²) in [5.74, 6) is -2.15. The van der Waals surface area contributed by atoms with Gasteiger partial charge in [0.15, 0.2) is 0 Å². The Morgan fingerprint density at radius 1 is 1.14 bits per heavy atom. The van der Waals surface area contributed by atoms with Gasteiger partial charge in [0.05, 0.1) is 30.1 Å². The first-order chi connectivity index (χ1) is 16.9. The molecule has 190 valence electrons. The number of rotatable bonds is 7. The van der Waals surface area contributed by atoms with Crippen molar-refractivity contribution in [3.63, 3.8) is 0 Å². The van der Waals surface area contributed by atoms with Crippen molar-refractivity contribution < 1.29 is 24.2 Å². The minimum Gasteiger partial charge on any atom is -0.394 e. The van der Waals surface area contributed by atoms with E-state index in [1.54, 1.807) is 11.9 Å². The second-order valence-electron chi connectivity index (χ2n) is 10.6. The number of nitrogens with one attached hydrogen (secondary N) is 2. The van der Waals surface area contributed by atoms with Gasteiger partial charge in [0.1, 0.15) is 11.6 Å². The minimum atomic E-state index is -1.08. The molecule has 6 atom stereocenters. The SMILES string of the molecule is CC[C@]12CCC3(O1)C(C(=O)NC1CCCCC1)N([C@H](CO)c1ccccc1)C(=O)[C@@H]3[C@H]2C(=O)NC. The van der Waals surface area contributed by atoms with Crippen molar-refractivity contribution >= 4 is 17.7 Å². The highest BCUT2D eigenvalue weighted by Gasteiger charge is 2.79. The van der Waals surface area contributed by atoms with E-state index in [-0.39, 0.29) is 30.4 Å². The minimum absolute atomic E-state index is 0.0708. The summed E-state index contributed by atoms with van der Waals surface area (Å²) >= 11 is 0. The third-order valence-electron chi connectivity index (χ3n) is 9.04. The molecule has 4 aliphatic rings. The maximum Gasteiger partial charge on any atom is 0.246 e. The van der Waals surface area contributed by atoms with E-state index in [2.05, 4.69) is 10.6 Å². The first-order valence-electron chi connectivity index (χ1n) is 13.1. The number of fused-ring (bicyclic) bond motifs is 1. The van der Waals surface area contributed by atoms with Gasteiger partial charge in [-0.2, -0.15) is 0 Å². The van der Waals surface area contributed by atoms with E-state index in [9.17, 15) is 19.5 Å². The highest BCUT2D eigenvalue weighted by molar-refractivity contribution is 5.99. The van der Waals surface area contributed by atoms with E-state index in [1.807, 2.05) is 37.3 Å². The van der Waals surface area contributed by atoms with E-state index in [0.29, 0.717) is 19.3 Å². The zero-order chi connectivity index (χ0) is 24.8. The topological polar surface area (TPSA) is 108 Å². The number of carbonyl (C=O) groups excluding carboxylic acids is 3. The zero-order valence-corrected chi connectivity index (χ0v) is 20.7. The third-order valence-corrected chi connectivity index (χ3v) is 9.04. The fourth-order valence-electron chi connectivity index (χ4n) is 7.40. The first kappa shape index (κ1) is 24.3. The summed E-state index contributed by atoms with van der Waals surface area (Å²) < 4.78 is 6.74. The van der Waals surface area contributed by atoms with Crippen LogP contribution in [0.4, 0.5) is 0 Å². The normalized spacial score (nSPS) is 35.1. The number of hydrogen-bond donors (Lipinski definition) is 3. The molecule has 8 nitrogen and oxygen atoms in total. The van der Waals surface area contributed by atoms with Crippen LogP contribution >= 0.6 is 0 Å². The summed E-state index contributed by atoms with van der Waals surface area (Å²) in [5.41, 5.74) is -1.07. The number of aliphatic hydroxyl groups excluding tert-OH is 1. The molecule has 1 aliphatic carbocycles. The fraction of sp³-hybridized carbons (Fsp3) is 0.667. The van der Waals surface area contributed by atoms with Gasteiger partial charge < -0.3 is 25.4 Å². The Morgan fingerprint density at radius 2 is 1.86 bits per heavy atom. The number of ether oxygens (including phenoxy) is 1. The molecule has 0 aromatic heterocycles. The quantitative estimate of drug-likeness (QED) is 0.550. The molecule has 3 amide bonds. The molecule has 0 radical (unpaired) electrons. The average Bonchev–Trinajstić information content (AvgIpc) is 3.49. The predicted molar refractivity (Wildman–Crippen MR) is 129 cm³/mol. The van der Waals surface area contributed by atoms with E-state index < -0.39 is 35.1 Å². The Morgan fingerprint density at radius 3 is 2.49 bits per heavy atom. The molecule has 1 aromatic carbocycles. The lowest BCUT2D eigenvalue weighted by Gasteiger charge is -2.38. The van der Waals surface area contributed by atoms with Crippen LogP contribution in [-0.2, 0) is 19.1 Å². The smallest absolute Gasteiger partial charge is 0.246 e. The van der Waals surface area contributed by atoms with E-state index in [1.165, 1.54) is 6.42 Å². The van der Waals surface area contributed by atoms with Crippen molar-refractivity contribution in [3.8, 4) is 0 Å². The molecule has 35 heavy (non-hydrogen) atoms. The van der Waals surface area contributed by atoms with Gasteiger partial charge in [-0.05, 0) is 37.7 Å². The van der Waals surface area contributed by atoms with Gasteiger partial charge in [0.25, 0.3) is 0 Å². The molecule has 1 spiro atoms. The van der Waals surface area contributed by atoms with Crippen molar-refractivity contribution in [2.45, 2.75) is 87.6 Å². The summed E-state index contributed by atoms with van der Waals surface area (Å²) in [6, 6.07) is 7.78. The van der Waals surface area contributed by atoms with Crippen LogP contribution in [-0.4, -0.2) is 64.7 Å². The summed E-state index contributed by atoms with van der Waals surface area (Å²) in [6.45, 7) is 1.66. The molecule has 5 rings (SSSR count). The fourth-order valence-corrected chi connectivity index (χ4v) is 7.40. The Labute approximate surface area is 206 Å². The Bertz CT molecular complexity index is 980. The van der Waals surface area contributed by atoms with Gasteiger partial charge in [0.2, 0.25) is 17.7 Å². The van der Waals surface area contributed by atoms with Crippen molar-refractivity contribution in [1.82, 2.24) is 15.5 Å². The molecule has 2 unspecified atom stereocenters. The Balaban J connectivity index is 1.59. The van der Waals surface area contributed by atoms with Crippen molar-refractivity contribution in [1.29, 1.82) is 0 Å². The predicted octanol–water partition coefficient (Wildman–Crippen LogP) is 2.07. The van der Waals surface area contributed by atoms with Crippen molar-refractivity contribution in [2.24, 2.45) is 11.8 Å². The summed E-state index contributed by atoms with van der Waals surface area (Å²) in [7, 11) is 1.58. The Hall–Kier alpha value is -2.45. The highest BCUT2D eigenvalue weighted by atomic mass is 16.5. The summed E-state index contributed by atoms with van der Waals surface area (Å²) in [6.07, 6.45) is 6.92. The second-order valence-corrected chi connectivity index (χ2v) is 10.6. The van der Waals surface area contributed by atoms with Crippen LogP contribution in [0.25, 0.3) is 0 Å². The standard InChI is InChI=1S/C27H37N3O5/c1-3-26-14-15-27(35-26)21(20(26)23(32)28-2)25(34)30(19(16-31)17-10-6-4-7-11-17)22(27)24(33)29-18-12-8-5-9-13-18/h4,6-7,10-11,18-22,31H,3,5,8-9,12-16H2,1-2H3,(H,28,32)(H,29,33)/t19-,20+,21+,22?,26-,27?/m1/s1. The number of carbonyl (C=O) groups is 3. The summed E-state index contributed by atoms with van der Waals surface area (Å²) in [5, 5.41) is 16.4. The molecule has 2 bridgehead atoms. The monoisotopic (exact) mass is 483 g/mol. The molecule has 1 aromatic rings. The largest absolute Gasteiger partial charge is 0.394 e. The number of nitrogens with zero attached hydrogens (tertiary/aromatic N) is 1. The lowest BCUT2D eigenvalue weighted by Crippen LogP contribution is -2.57. The van der Waals surface area contributed by atoms with Crippen LogP contribution in [0.2, 0.25) is 0 Å². The van der Waals surface area contributed by atoms with Gasteiger partial charge in [-0.3, -0.25) is 14.4 Å². The molecule has 3 saturated heterocycles. The number of benzene rings is 1. The summed E-state index contributed by atoms with van der Waals surface area (Å²) in [4.78, 5) is 42.9. The van der Waals surface area contributed by atoms with Crippen molar-refractivity contribution in [3.05, 3.63) is 35.9 Å². The molecular weight excluding hydrogens is 446 g/mol. The maximum atomic E-state index is 14.2. The molecule has 3 aliphatic heterocycles. The first-order valence-corrected chi connectivity index (χ1v) is 13.1. The van der Waals surface area contributed by atoms with Crippen LogP contribution in [0.15, 0.2) is 30.3 Å². The van der Waals surface area contributed by atoms with Gasteiger partial charge >= 0.3 is 0 Å². The van der Waals surface area contributed by atoms with Crippen molar-refractivity contribution in [2.75, 3.05) is 13.7 Å². The average molecular weight is 484 g/mol. The third kappa shape index (κ3) is 3.59. The molecule has 4 fully saturated rings. The van der Waals surface area contributed by atoms with Gasteiger partial charge in [-0.1, -0.05) is 56.5 Å². The van der Waals surface area contributed by atoms with Crippen LogP contribution in [0.3, 0.4) is 0 Å². The molecular formula is C27H37N3O5. The molecule has 1 saturated carbocycles. The van der Waals surface area contributed by atoms with Gasteiger partial charge in [-0.25, -0.2) is 0 Å². The van der Waals surface area contributed by atoms with E-state index >= 15 is 0 Å². The lowest BCUT2D eigenvalue weighted by atomic mass is 9.65. The number of amides is 3. The molecule has 3 heterocycles. The molecule has 3 N–H and O–H groups in total. The van der Waals surface area contributed by atoms with E-state index in [0.717, 1.165) is 31.2 Å². The number of likely N-dealkylation sites (tertiary alicyclic amines) is 1. The molecule has 8 heteroatoms. The lowest BCUT2D eigenvalue weighted by molar-refractivity contribution is -0.151.